The zero-order valence-corrected chi connectivity index (χ0v) is 10.5. The van der Waals surface area contributed by atoms with E-state index in [0.29, 0.717) is 0 Å². The minimum absolute atomic E-state index is 0.250. The highest BCUT2D eigenvalue weighted by atomic mass is 32.1. The maximum absolute atomic E-state index is 9.90. The van der Waals surface area contributed by atoms with E-state index >= 15 is 0 Å². The minimum atomic E-state index is -0.250. The number of nitrogens with zero attached hydrogens (tertiary/aromatic N) is 2. The molecular weight excluding hydrogens is 232 g/mol. The number of thiazole rings is 1. The summed E-state index contributed by atoms with van der Waals surface area (Å²) in [6.07, 6.45) is 7.78. The summed E-state index contributed by atoms with van der Waals surface area (Å²) in [5.41, 5.74) is 2.45. The quantitative estimate of drug-likeness (QED) is 0.906. The monoisotopic (exact) mass is 248 g/mol. The van der Waals surface area contributed by atoms with Crippen LogP contribution in [0.2, 0.25) is 0 Å². The summed E-state index contributed by atoms with van der Waals surface area (Å²) < 4.78 is 2.28. The number of fused-ring (bicyclic) bond motifs is 1. The highest BCUT2D eigenvalue weighted by Crippen LogP contribution is 2.30. The van der Waals surface area contributed by atoms with Crippen molar-refractivity contribution in [3.8, 4) is 0 Å². The third-order valence-electron chi connectivity index (χ3n) is 3.41. The number of aryl methyl sites for hydroxylation is 2. The summed E-state index contributed by atoms with van der Waals surface area (Å²) in [6, 6.07) is 2.07. The van der Waals surface area contributed by atoms with Crippen LogP contribution in [0.3, 0.4) is 0 Å². The van der Waals surface area contributed by atoms with E-state index in [1.807, 2.05) is 11.6 Å². The van der Waals surface area contributed by atoms with Gasteiger partial charge in [-0.05, 0) is 25.3 Å². The van der Waals surface area contributed by atoms with Gasteiger partial charge in [0, 0.05) is 42.0 Å². The highest BCUT2D eigenvalue weighted by Gasteiger charge is 2.20. The Morgan fingerprint density at radius 3 is 3.29 bits per heavy atom. The lowest BCUT2D eigenvalue weighted by Gasteiger charge is -2.20. The fourth-order valence-electron chi connectivity index (χ4n) is 2.53. The smallest absolute Gasteiger partial charge is 0.0942 e. The maximum Gasteiger partial charge on any atom is 0.0942 e. The van der Waals surface area contributed by atoms with Gasteiger partial charge in [0.15, 0.2) is 0 Å². The van der Waals surface area contributed by atoms with E-state index in [1.165, 1.54) is 10.7 Å². The van der Waals surface area contributed by atoms with Crippen molar-refractivity contribution in [1.29, 1.82) is 0 Å². The normalized spacial score (nSPS) is 19.2. The van der Waals surface area contributed by atoms with Crippen LogP contribution in [-0.4, -0.2) is 14.7 Å². The number of aliphatic hydroxyl groups excluding tert-OH is 1. The summed E-state index contributed by atoms with van der Waals surface area (Å²) in [5.74, 6) is 0. The Kier molecular flexibility index (Phi) is 2.99. The van der Waals surface area contributed by atoms with Crippen LogP contribution in [0, 0.1) is 0 Å². The van der Waals surface area contributed by atoms with Crippen molar-refractivity contribution in [1.82, 2.24) is 9.55 Å². The standard InChI is InChI=1S/C13H16N2OS/c16-12-3-1-2-11-10(12)4-7-15(11)8-5-13-14-6-9-17-13/h4,6-7,9,12,16H,1-3,5,8H2. The molecule has 0 aliphatic heterocycles. The van der Waals surface area contributed by atoms with Crippen LogP contribution in [0.5, 0.6) is 0 Å². The Hall–Kier alpha value is -1.13. The van der Waals surface area contributed by atoms with Gasteiger partial charge in [-0.1, -0.05) is 0 Å². The van der Waals surface area contributed by atoms with Crippen LogP contribution >= 0.6 is 11.3 Å². The molecule has 0 bridgehead atoms. The molecule has 1 aliphatic rings. The Bertz CT molecular complexity index is 489. The van der Waals surface area contributed by atoms with E-state index in [1.54, 1.807) is 11.3 Å². The van der Waals surface area contributed by atoms with Gasteiger partial charge in [0.2, 0.25) is 0 Å². The Balaban J connectivity index is 1.75. The molecule has 0 saturated carbocycles. The maximum atomic E-state index is 9.90. The minimum Gasteiger partial charge on any atom is -0.388 e. The van der Waals surface area contributed by atoms with Crippen molar-refractivity contribution >= 4 is 11.3 Å². The van der Waals surface area contributed by atoms with E-state index in [0.717, 1.165) is 37.8 Å². The summed E-state index contributed by atoms with van der Waals surface area (Å²) in [4.78, 5) is 4.30. The molecule has 2 heterocycles. The van der Waals surface area contributed by atoms with Gasteiger partial charge >= 0.3 is 0 Å². The molecule has 90 valence electrons. The summed E-state index contributed by atoms with van der Waals surface area (Å²) in [6.45, 7) is 0.968. The first kappa shape index (κ1) is 11.0. The second-order valence-electron chi connectivity index (χ2n) is 4.50. The molecule has 2 aromatic rings. The van der Waals surface area contributed by atoms with Gasteiger partial charge in [-0.25, -0.2) is 4.98 Å². The van der Waals surface area contributed by atoms with E-state index in [2.05, 4.69) is 21.8 Å². The number of aromatic nitrogens is 2. The van der Waals surface area contributed by atoms with Crippen LogP contribution < -0.4 is 0 Å². The van der Waals surface area contributed by atoms with Gasteiger partial charge in [0.1, 0.15) is 0 Å². The molecule has 4 heteroatoms. The Morgan fingerprint density at radius 1 is 1.53 bits per heavy atom. The van der Waals surface area contributed by atoms with Crippen molar-refractivity contribution < 1.29 is 5.11 Å². The van der Waals surface area contributed by atoms with Crippen LogP contribution in [0.15, 0.2) is 23.8 Å². The molecule has 0 saturated heterocycles. The molecule has 2 aromatic heterocycles. The number of rotatable bonds is 3. The molecule has 1 aliphatic carbocycles. The molecule has 0 aromatic carbocycles. The van der Waals surface area contributed by atoms with Gasteiger partial charge in [0.25, 0.3) is 0 Å². The fraction of sp³-hybridized carbons (Fsp3) is 0.462. The zero-order chi connectivity index (χ0) is 11.7. The summed E-state index contributed by atoms with van der Waals surface area (Å²) in [7, 11) is 0. The van der Waals surface area contributed by atoms with Gasteiger partial charge in [-0.3, -0.25) is 0 Å². The van der Waals surface area contributed by atoms with Gasteiger partial charge in [-0.15, -0.1) is 11.3 Å². The molecule has 0 amide bonds. The first-order valence-corrected chi connectivity index (χ1v) is 6.97. The lowest BCUT2D eigenvalue weighted by molar-refractivity contribution is 0.155. The lowest BCUT2D eigenvalue weighted by atomic mass is 9.95. The van der Waals surface area contributed by atoms with E-state index in [9.17, 15) is 5.11 Å². The average Bonchev–Trinajstić information content (AvgIpc) is 2.95. The van der Waals surface area contributed by atoms with Gasteiger partial charge in [-0.2, -0.15) is 0 Å². The van der Waals surface area contributed by atoms with Crippen LogP contribution in [0.25, 0.3) is 0 Å². The third-order valence-corrected chi connectivity index (χ3v) is 4.25. The van der Waals surface area contributed by atoms with Crippen molar-refractivity contribution in [3.05, 3.63) is 40.1 Å². The first-order valence-electron chi connectivity index (χ1n) is 6.09. The predicted octanol–water partition coefficient (Wildman–Crippen LogP) is 2.56. The summed E-state index contributed by atoms with van der Waals surface area (Å²) >= 11 is 1.71. The Labute approximate surface area is 105 Å². The van der Waals surface area contributed by atoms with Gasteiger partial charge in [0.05, 0.1) is 11.1 Å². The van der Waals surface area contributed by atoms with Crippen molar-refractivity contribution in [3.63, 3.8) is 0 Å². The molecular formula is C13H16N2OS. The number of aliphatic hydroxyl groups is 1. The van der Waals surface area contributed by atoms with E-state index < -0.39 is 0 Å². The topological polar surface area (TPSA) is 38.0 Å². The molecule has 1 atom stereocenters. The SMILES string of the molecule is OC1CCCc2c1ccn2CCc1nccs1. The van der Waals surface area contributed by atoms with Crippen molar-refractivity contribution in [2.75, 3.05) is 0 Å². The fourth-order valence-corrected chi connectivity index (χ4v) is 3.14. The second kappa shape index (κ2) is 4.63. The molecule has 0 spiro atoms. The largest absolute Gasteiger partial charge is 0.388 e. The summed E-state index contributed by atoms with van der Waals surface area (Å²) in [5, 5.41) is 13.1. The van der Waals surface area contributed by atoms with Crippen LogP contribution in [-0.2, 0) is 19.4 Å². The van der Waals surface area contributed by atoms with Crippen LogP contribution in [0.1, 0.15) is 35.2 Å². The molecule has 1 unspecified atom stereocenters. The van der Waals surface area contributed by atoms with E-state index in [-0.39, 0.29) is 6.10 Å². The Morgan fingerprint density at radius 2 is 2.47 bits per heavy atom. The number of hydrogen-bond acceptors (Lipinski definition) is 3. The second-order valence-corrected chi connectivity index (χ2v) is 5.47. The molecule has 3 rings (SSSR count). The highest BCUT2D eigenvalue weighted by molar-refractivity contribution is 7.09. The van der Waals surface area contributed by atoms with Crippen LogP contribution in [0.4, 0.5) is 0 Å². The first-order chi connectivity index (χ1) is 8.34. The predicted molar refractivity (Wildman–Crippen MR) is 68.1 cm³/mol. The average molecular weight is 248 g/mol. The third kappa shape index (κ3) is 2.15. The lowest BCUT2D eigenvalue weighted by Crippen LogP contribution is -2.12. The molecule has 3 nitrogen and oxygen atoms in total. The van der Waals surface area contributed by atoms with Crippen molar-refractivity contribution in [2.24, 2.45) is 0 Å². The van der Waals surface area contributed by atoms with Gasteiger partial charge < -0.3 is 9.67 Å². The number of hydrogen-bond donors (Lipinski definition) is 1. The van der Waals surface area contributed by atoms with Crippen molar-refractivity contribution in [2.45, 2.75) is 38.3 Å². The van der Waals surface area contributed by atoms with E-state index in [4.69, 9.17) is 0 Å². The molecule has 0 radical (unpaired) electrons. The molecule has 17 heavy (non-hydrogen) atoms. The molecule has 1 N–H and O–H groups in total. The zero-order valence-electron chi connectivity index (χ0n) is 9.67. The molecule has 0 fully saturated rings.